The third-order valence-electron chi connectivity index (χ3n) is 4.07. The predicted octanol–water partition coefficient (Wildman–Crippen LogP) is -0.844. The van der Waals surface area contributed by atoms with E-state index in [1.807, 2.05) is 0 Å². The predicted molar refractivity (Wildman–Crippen MR) is 94.0 cm³/mol. The Morgan fingerprint density at radius 2 is 1.63 bits per heavy atom. The zero-order valence-corrected chi connectivity index (χ0v) is 15.4. The minimum Gasteiger partial charge on any atom is -0.493 e. The van der Waals surface area contributed by atoms with E-state index in [1.165, 1.54) is 31.3 Å². The minimum atomic E-state index is -0.732. The van der Waals surface area contributed by atoms with Crippen molar-refractivity contribution >= 4 is 23.6 Å². The summed E-state index contributed by atoms with van der Waals surface area (Å²) in [5, 5.41) is 0. The standard InChI is InChI=1S/C17H22N4O6/c1-4-20-7-8-21(17(25)16(20)24)10-14(22)18-19-15(23)11-5-6-12(26-2)13(9-11)27-3/h5-6,9H,4,7-8,10H2,1-3H3,(H,18,22)(H,19,23). The van der Waals surface area contributed by atoms with Gasteiger partial charge in [-0.3, -0.25) is 30.0 Å². The van der Waals surface area contributed by atoms with E-state index in [0.717, 1.165) is 4.90 Å². The molecule has 1 heterocycles. The average Bonchev–Trinajstić information content (AvgIpc) is 2.69. The normalized spacial score (nSPS) is 14.0. The number of benzene rings is 1. The molecular formula is C17H22N4O6. The van der Waals surface area contributed by atoms with Crippen LogP contribution in [0.2, 0.25) is 0 Å². The van der Waals surface area contributed by atoms with E-state index in [1.54, 1.807) is 13.0 Å². The summed E-state index contributed by atoms with van der Waals surface area (Å²) in [4.78, 5) is 50.5. The van der Waals surface area contributed by atoms with Gasteiger partial charge in [0.05, 0.1) is 14.2 Å². The van der Waals surface area contributed by atoms with Crippen LogP contribution in [0.25, 0.3) is 0 Å². The van der Waals surface area contributed by atoms with E-state index in [4.69, 9.17) is 9.47 Å². The third kappa shape index (κ3) is 4.66. The topological polar surface area (TPSA) is 117 Å². The first-order valence-corrected chi connectivity index (χ1v) is 8.30. The number of piperazine rings is 1. The first-order chi connectivity index (χ1) is 12.9. The van der Waals surface area contributed by atoms with Crippen LogP contribution in [-0.2, 0) is 14.4 Å². The molecule has 10 heteroatoms. The van der Waals surface area contributed by atoms with Crippen LogP contribution in [0.1, 0.15) is 17.3 Å². The fourth-order valence-corrected chi connectivity index (χ4v) is 2.56. The molecule has 1 saturated heterocycles. The lowest BCUT2D eigenvalue weighted by Gasteiger charge is -2.32. The molecule has 1 aliphatic heterocycles. The van der Waals surface area contributed by atoms with Crippen molar-refractivity contribution in [3.63, 3.8) is 0 Å². The van der Waals surface area contributed by atoms with Crippen molar-refractivity contribution < 1.29 is 28.7 Å². The maximum Gasteiger partial charge on any atom is 0.312 e. The average molecular weight is 378 g/mol. The summed E-state index contributed by atoms with van der Waals surface area (Å²) in [6.45, 7) is 2.51. The fraction of sp³-hybridized carbons (Fsp3) is 0.412. The number of nitrogens with zero attached hydrogens (tertiary/aromatic N) is 2. The number of rotatable bonds is 6. The van der Waals surface area contributed by atoms with Gasteiger partial charge in [0.1, 0.15) is 6.54 Å². The monoisotopic (exact) mass is 378 g/mol. The van der Waals surface area contributed by atoms with Crippen LogP contribution < -0.4 is 20.3 Å². The van der Waals surface area contributed by atoms with Crippen molar-refractivity contribution in [3.8, 4) is 11.5 Å². The highest BCUT2D eigenvalue weighted by atomic mass is 16.5. The van der Waals surface area contributed by atoms with Gasteiger partial charge in [-0.25, -0.2) is 0 Å². The number of amides is 4. The Morgan fingerprint density at radius 1 is 1.00 bits per heavy atom. The lowest BCUT2D eigenvalue weighted by atomic mass is 10.2. The van der Waals surface area contributed by atoms with Gasteiger partial charge in [0.15, 0.2) is 11.5 Å². The Bertz CT molecular complexity index is 751. The van der Waals surface area contributed by atoms with Gasteiger partial charge in [-0.15, -0.1) is 0 Å². The first kappa shape index (κ1) is 20.0. The lowest BCUT2D eigenvalue weighted by Crippen LogP contribution is -2.57. The number of carbonyl (C=O) groups is 4. The number of methoxy groups -OCH3 is 2. The number of hydrazine groups is 1. The van der Waals surface area contributed by atoms with Gasteiger partial charge in [0.25, 0.3) is 11.8 Å². The summed E-state index contributed by atoms with van der Waals surface area (Å²) in [6.07, 6.45) is 0. The second kappa shape index (κ2) is 8.88. The zero-order valence-electron chi connectivity index (χ0n) is 15.4. The largest absolute Gasteiger partial charge is 0.493 e. The van der Waals surface area contributed by atoms with Crippen LogP contribution in [0.4, 0.5) is 0 Å². The molecule has 0 aliphatic carbocycles. The molecule has 0 atom stereocenters. The molecule has 0 aromatic heterocycles. The summed E-state index contributed by atoms with van der Waals surface area (Å²) < 4.78 is 10.2. The highest BCUT2D eigenvalue weighted by Crippen LogP contribution is 2.27. The summed E-state index contributed by atoms with van der Waals surface area (Å²) in [5.41, 5.74) is 4.73. The summed E-state index contributed by atoms with van der Waals surface area (Å²) >= 11 is 0. The molecule has 0 radical (unpaired) electrons. The highest BCUT2D eigenvalue weighted by molar-refractivity contribution is 6.35. The van der Waals surface area contributed by atoms with Crippen LogP contribution >= 0.6 is 0 Å². The molecule has 1 aliphatic rings. The second-order valence-corrected chi connectivity index (χ2v) is 5.68. The van der Waals surface area contributed by atoms with Crippen molar-refractivity contribution in [1.82, 2.24) is 20.7 Å². The number of hydrogen-bond donors (Lipinski definition) is 2. The van der Waals surface area contributed by atoms with Crippen molar-refractivity contribution in [2.24, 2.45) is 0 Å². The van der Waals surface area contributed by atoms with Gasteiger partial charge in [-0.1, -0.05) is 0 Å². The maximum atomic E-state index is 12.1. The number of likely N-dealkylation sites (N-methyl/N-ethyl adjacent to an activating group) is 1. The van der Waals surface area contributed by atoms with Gasteiger partial charge in [-0.2, -0.15) is 0 Å². The Balaban J connectivity index is 1.89. The molecule has 10 nitrogen and oxygen atoms in total. The fourth-order valence-electron chi connectivity index (χ4n) is 2.56. The molecule has 0 unspecified atom stereocenters. The molecule has 0 spiro atoms. The molecule has 4 amide bonds. The van der Waals surface area contributed by atoms with E-state index < -0.39 is 23.6 Å². The van der Waals surface area contributed by atoms with Gasteiger partial charge in [0.2, 0.25) is 0 Å². The molecule has 1 aromatic rings. The third-order valence-corrected chi connectivity index (χ3v) is 4.07. The first-order valence-electron chi connectivity index (χ1n) is 8.30. The van der Waals surface area contributed by atoms with Crippen LogP contribution in [0.15, 0.2) is 18.2 Å². The maximum absolute atomic E-state index is 12.1. The molecule has 0 bridgehead atoms. The Morgan fingerprint density at radius 3 is 2.26 bits per heavy atom. The van der Waals surface area contributed by atoms with Crippen LogP contribution in [0.5, 0.6) is 11.5 Å². The molecule has 2 N–H and O–H groups in total. The highest BCUT2D eigenvalue weighted by Gasteiger charge is 2.32. The van der Waals surface area contributed by atoms with Gasteiger partial charge in [0, 0.05) is 25.2 Å². The molecular weight excluding hydrogens is 356 g/mol. The van der Waals surface area contributed by atoms with Crippen molar-refractivity contribution in [2.45, 2.75) is 6.92 Å². The summed E-state index contributed by atoms with van der Waals surface area (Å²) in [7, 11) is 2.92. The number of ether oxygens (including phenoxy) is 2. The quantitative estimate of drug-likeness (QED) is 0.492. The smallest absolute Gasteiger partial charge is 0.312 e. The van der Waals surface area contributed by atoms with Crippen LogP contribution in [0, 0.1) is 0 Å². The van der Waals surface area contributed by atoms with Gasteiger partial charge < -0.3 is 19.3 Å². The van der Waals surface area contributed by atoms with E-state index in [-0.39, 0.29) is 18.7 Å². The number of carbonyl (C=O) groups excluding carboxylic acids is 4. The Hall–Kier alpha value is -3.30. The molecule has 2 rings (SSSR count). The van der Waals surface area contributed by atoms with Gasteiger partial charge >= 0.3 is 11.8 Å². The van der Waals surface area contributed by atoms with E-state index in [0.29, 0.717) is 24.6 Å². The Kier molecular flexibility index (Phi) is 6.58. The second-order valence-electron chi connectivity index (χ2n) is 5.68. The summed E-state index contributed by atoms with van der Waals surface area (Å²) in [6, 6.07) is 4.54. The zero-order chi connectivity index (χ0) is 20.0. The number of hydrogen-bond acceptors (Lipinski definition) is 6. The van der Waals surface area contributed by atoms with Crippen molar-refractivity contribution in [3.05, 3.63) is 23.8 Å². The molecule has 27 heavy (non-hydrogen) atoms. The van der Waals surface area contributed by atoms with Gasteiger partial charge in [-0.05, 0) is 25.1 Å². The number of nitrogens with one attached hydrogen (secondary N) is 2. The van der Waals surface area contributed by atoms with Crippen molar-refractivity contribution in [2.75, 3.05) is 40.4 Å². The minimum absolute atomic E-state index is 0.246. The van der Waals surface area contributed by atoms with E-state index >= 15 is 0 Å². The molecule has 1 fully saturated rings. The van der Waals surface area contributed by atoms with E-state index in [2.05, 4.69) is 10.9 Å². The Labute approximate surface area is 156 Å². The molecule has 0 saturated carbocycles. The molecule has 146 valence electrons. The van der Waals surface area contributed by atoms with Crippen molar-refractivity contribution in [1.29, 1.82) is 0 Å². The summed E-state index contributed by atoms with van der Waals surface area (Å²) in [5.74, 6) is -1.71. The molecule has 1 aromatic carbocycles. The van der Waals surface area contributed by atoms with Crippen LogP contribution in [0.3, 0.4) is 0 Å². The lowest BCUT2D eigenvalue weighted by molar-refractivity contribution is -0.156. The van der Waals surface area contributed by atoms with Crippen LogP contribution in [-0.4, -0.2) is 73.8 Å². The SMILES string of the molecule is CCN1CCN(CC(=O)NNC(=O)c2ccc(OC)c(OC)c2)C(=O)C1=O. The van der Waals surface area contributed by atoms with E-state index in [9.17, 15) is 19.2 Å².